The standard InChI is InChI=1S/C26H26ClN7O2/c1-16-8-9-28-21(14-16)31-22-15-23(30-18(3)29-22)33-10-12-34(13-11-33)26(35)24-17(2)36-32-25(24)19-6-4-5-7-20(19)27/h4-9,14-15H,10-13H2,1-3H3,(H,28,29,30,31). The van der Waals surface area contributed by atoms with E-state index in [1.165, 1.54) is 0 Å². The number of carbonyl (C=O) groups is 1. The molecule has 1 aliphatic heterocycles. The third kappa shape index (κ3) is 4.87. The molecule has 1 saturated heterocycles. The van der Waals surface area contributed by atoms with Gasteiger partial charge in [-0.15, -0.1) is 0 Å². The first-order valence-corrected chi connectivity index (χ1v) is 12.1. The van der Waals surface area contributed by atoms with Gasteiger partial charge < -0.3 is 19.6 Å². The molecular formula is C26H26ClN7O2. The van der Waals surface area contributed by atoms with E-state index in [1.54, 1.807) is 19.2 Å². The van der Waals surface area contributed by atoms with Gasteiger partial charge in [0.15, 0.2) is 0 Å². The molecule has 1 N–H and O–H groups in total. The number of anilines is 3. The van der Waals surface area contributed by atoms with Crippen LogP contribution in [0.5, 0.6) is 0 Å². The average molecular weight is 504 g/mol. The van der Waals surface area contributed by atoms with Crippen LogP contribution in [0, 0.1) is 20.8 Å². The van der Waals surface area contributed by atoms with E-state index in [1.807, 2.05) is 55.1 Å². The quantitative estimate of drug-likeness (QED) is 0.414. The lowest BCUT2D eigenvalue weighted by Crippen LogP contribution is -2.49. The molecule has 3 aromatic heterocycles. The van der Waals surface area contributed by atoms with Crippen LogP contribution < -0.4 is 10.2 Å². The minimum absolute atomic E-state index is 0.116. The highest BCUT2D eigenvalue weighted by molar-refractivity contribution is 6.33. The van der Waals surface area contributed by atoms with Crippen LogP contribution in [-0.4, -0.2) is 57.1 Å². The van der Waals surface area contributed by atoms with Crippen LogP contribution in [0.2, 0.25) is 5.02 Å². The predicted molar refractivity (Wildman–Crippen MR) is 139 cm³/mol. The minimum Gasteiger partial charge on any atom is -0.360 e. The number of hydrogen-bond donors (Lipinski definition) is 1. The smallest absolute Gasteiger partial charge is 0.259 e. The molecule has 0 spiro atoms. The molecule has 36 heavy (non-hydrogen) atoms. The molecule has 1 amide bonds. The molecule has 4 heterocycles. The summed E-state index contributed by atoms with van der Waals surface area (Å²) in [4.78, 5) is 30.9. The van der Waals surface area contributed by atoms with Crippen LogP contribution in [0.3, 0.4) is 0 Å². The Hall–Kier alpha value is -3.98. The second-order valence-electron chi connectivity index (χ2n) is 8.72. The fraction of sp³-hybridized carbons (Fsp3) is 0.269. The number of aromatic nitrogens is 4. The van der Waals surface area contributed by atoms with Crippen molar-refractivity contribution >= 4 is 35.0 Å². The summed E-state index contributed by atoms with van der Waals surface area (Å²) in [5.74, 6) is 3.24. The van der Waals surface area contributed by atoms with E-state index in [0.717, 1.165) is 17.2 Å². The number of halogens is 1. The van der Waals surface area contributed by atoms with E-state index in [9.17, 15) is 4.79 Å². The molecule has 1 aliphatic rings. The zero-order chi connectivity index (χ0) is 25.2. The van der Waals surface area contributed by atoms with Gasteiger partial charge in [0.1, 0.15) is 40.3 Å². The third-order valence-corrected chi connectivity index (χ3v) is 6.42. The minimum atomic E-state index is -0.116. The van der Waals surface area contributed by atoms with Gasteiger partial charge in [0.25, 0.3) is 5.91 Å². The van der Waals surface area contributed by atoms with E-state index >= 15 is 0 Å². The Morgan fingerprint density at radius 2 is 1.78 bits per heavy atom. The predicted octanol–water partition coefficient (Wildman–Crippen LogP) is 4.81. The van der Waals surface area contributed by atoms with Gasteiger partial charge in [-0.2, -0.15) is 0 Å². The molecule has 4 aromatic rings. The first-order chi connectivity index (χ1) is 17.4. The number of piperazine rings is 1. The van der Waals surface area contributed by atoms with Gasteiger partial charge in [0, 0.05) is 44.0 Å². The van der Waals surface area contributed by atoms with E-state index < -0.39 is 0 Å². The van der Waals surface area contributed by atoms with Crippen molar-refractivity contribution in [3.8, 4) is 11.3 Å². The number of hydrogen-bond acceptors (Lipinski definition) is 8. The topological polar surface area (TPSA) is 100 Å². The third-order valence-electron chi connectivity index (χ3n) is 6.09. The Morgan fingerprint density at radius 1 is 1.00 bits per heavy atom. The van der Waals surface area contributed by atoms with Gasteiger partial charge in [-0.3, -0.25) is 4.79 Å². The van der Waals surface area contributed by atoms with Crippen molar-refractivity contribution in [2.45, 2.75) is 20.8 Å². The number of rotatable bonds is 5. The van der Waals surface area contributed by atoms with Crippen LogP contribution in [0.25, 0.3) is 11.3 Å². The van der Waals surface area contributed by atoms with Crippen molar-refractivity contribution in [2.24, 2.45) is 0 Å². The van der Waals surface area contributed by atoms with E-state index in [-0.39, 0.29) is 5.91 Å². The maximum atomic E-state index is 13.5. The molecule has 10 heteroatoms. The summed E-state index contributed by atoms with van der Waals surface area (Å²) in [7, 11) is 0. The van der Waals surface area contributed by atoms with Crippen LogP contribution in [0.15, 0.2) is 53.2 Å². The molecule has 0 atom stereocenters. The van der Waals surface area contributed by atoms with Crippen LogP contribution in [0.4, 0.5) is 17.5 Å². The highest BCUT2D eigenvalue weighted by Gasteiger charge is 2.29. The van der Waals surface area contributed by atoms with Crippen molar-refractivity contribution < 1.29 is 9.32 Å². The van der Waals surface area contributed by atoms with Gasteiger partial charge in [-0.25, -0.2) is 15.0 Å². The molecular weight excluding hydrogens is 478 g/mol. The molecule has 9 nitrogen and oxygen atoms in total. The van der Waals surface area contributed by atoms with Crippen LogP contribution >= 0.6 is 11.6 Å². The van der Waals surface area contributed by atoms with Crippen molar-refractivity contribution in [3.05, 3.63) is 76.4 Å². The SMILES string of the molecule is Cc1ccnc(Nc2cc(N3CCN(C(=O)c4c(-c5ccccc5Cl)noc4C)CC3)nc(C)n2)c1. The lowest BCUT2D eigenvalue weighted by molar-refractivity contribution is 0.0745. The highest BCUT2D eigenvalue weighted by Crippen LogP contribution is 2.32. The normalized spacial score (nSPS) is 13.7. The van der Waals surface area contributed by atoms with Crippen molar-refractivity contribution in [1.29, 1.82) is 0 Å². The molecule has 0 unspecified atom stereocenters. The lowest BCUT2D eigenvalue weighted by Gasteiger charge is -2.35. The molecule has 0 aliphatic carbocycles. The monoisotopic (exact) mass is 503 g/mol. The zero-order valence-electron chi connectivity index (χ0n) is 20.3. The molecule has 1 fully saturated rings. The number of nitrogens with one attached hydrogen (secondary N) is 1. The highest BCUT2D eigenvalue weighted by atomic mass is 35.5. The van der Waals surface area contributed by atoms with Gasteiger partial charge in [-0.1, -0.05) is 35.0 Å². The fourth-order valence-electron chi connectivity index (χ4n) is 4.27. The molecule has 0 radical (unpaired) electrons. The molecule has 0 bridgehead atoms. The molecule has 1 aromatic carbocycles. The molecule has 0 saturated carbocycles. The Morgan fingerprint density at radius 3 is 2.53 bits per heavy atom. The van der Waals surface area contributed by atoms with Gasteiger partial charge in [-0.05, 0) is 44.5 Å². The second kappa shape index (κ2) is 9.94. The number of aryl methyl sites for hydroxylation is 3. The summed E-state index contributed by atoms with van der Waals surface area (Å²) in [5, 5.41) is 7.92. The van der Waals surface area contributed by atoms with E-state index in [4.69, 9.17) is 16.1 Å². The Bertz CT molecular complexity index is 1410. The number of benzene rings is 1. The largest absolute Gasteiger partial charge is 0.360 e. The number of carbonyl (C=O) groups excluding carboxylic acids is 1. The van der Waals surface area contributed by atoms with Crippen LogP contribution in [-0.2, 0) is 0 Å². The summed E-state index contributed by atoms with van der Waals surface area (Å²) in [5.41, 5.74) is 2.71. The molecule has 184 valence electrons. The summed E-state index contributed by atoms with van der Waals surface area (Å²) in [6.45, 7) is 7.98. The maximum absolute atomic E-state index is 13.5. The second-order valence-corrected chi connectivity index (χ2v) is 9.13. The van der Waals surface area contributed by atoms with Gasteiger partial charge in [0.2, 0.25) is 0 Å². The number of amides is 1. The average Bonchev–Trinajstić information content (AvgIpc) is 3.24. The Balaban J connectivity index is 1.31. The lowest BCUT2D eigenvalue weighted by atomic mass is 10.0. The summed E-state index contributed by atoms with van der Waals surface area (Å²) in [6.07, 6.45) is 1.76. The summed E-state index contributed by atoms with van der Waals surface area (Å²) >= 11 is 6.37. The van der Waals surface area contributed by atoms with E-state index in [2.05, 4.69) is 30.3 Å². The van der Waals surface area contributed by atoms with Gasteiger partial charge in [0.05, 0.1) is 5.02 Å². The Labute approximate surface area is 214 Å². The van der Waals surface area contributed by atoms with Crippen molar-refractivity contribution in [1.82, 2.24) is 25.0 Å². The Kier molecular flexibility index (Phi) is 6.56. The first kappa shape index (κ1) is 23.7. The fourth-order valence-corrected chi connectivity index (χ4v) is 4.50. The number of nitrogens with zero attached hydrogens (tertiary/aromatic N) is 6. The zero-order valence-corrected chi connectivity index (χ0v) is 21.1. The van der Waals surface area contributed by atoms with Crippen molar-refractivity contribution in [3.63, 3.8) is 0 Å². The van der Waals surface area contributed by atoms with E-state index in [0.29, 0.717) is 65.4 Å². The summed E-state index contributed by atoms with van der Waals surface area (Å²) in [6, 6.07) is 13.1. The first-order valence-electron chi connectivity index (χ1n) is 11.7. The molecule has 5 rings (SSSR count). The summed E-state index contributed by atoms with van der Waals surface area (Å²) < 4.78 is 5.39. The van der Waals surface area contributed by atoms with Crippen LogP contribution in [0.1, 0.15) is 27.5 Å². The van der Waals surface area contributed by atoms with Crippen molar-refractivity contribution in [2.75, 3.05) is 36.4 Å². The van der Waals surface area contributed by atoms with Gasteiger partial charge >= 0.3 is 0 Å². The number of pyridine rings is 1. The maximum Gasteiger partial charge on any atom is 0.259 e.